The second-order valence-electron chi connectivity index (χ2n) is 7.02. The van der Waals surface area contributed by atoms with Crippen LogP contribution in [0.1, 0.15) is 22.0 Å². The van der Waals surface area contributed by atoms with E-state index in [0.29, 0.717) is 11.1 Å². The lowest BCUT2D eigenvalue weighted by Gasteiger charge is -2.23. The normalized spacial score (nSPS) is 14.4. The predicted molar refractivity (Wildman–Crippen MR) is 115 cm³/mol. The van der Waals surface area contributed by atoms with Crippen LogP contribution in [0.15, 0.2) is 64.9 Å². The Hall–Kier alpha value is -3.72. The van der Waals surface area contributed by atoms with Crippen molar-refractivity contribution in [1.29, 1.82) is 0 Å². The number of carbonyl (C=O) groups is 3. The minimum Gasteiger partial charge on any atom is -0.439 e. The molecule has 0 radical (unpaired) electrons. The number of hydrogen-bond acceptors (Lipinski definition) is 6. The van der Waals surface area contributed by atoms with Crippen molar-refractivity contribution in [3.8, 4) is 10.4 Å². The van der Waals surface area contributed by atoms with Crippen LogP contribution >= 0.6 is 11.3 Å². The molecule has 31 heavy (non-hydrogen) atoms. The van der Waals surface area contributed by atoms with Gasteiger partial charge in [-0.3, -0.25) is 14.4 Å². The summed E-state index contributed by atoms with van der Waals surface area (Å²) in [6.07, 6.45) is 0.755. The van der Waals surface area contributed by atoms with Crippen molar-refractivity contribution >= 4 is 29.2 Å². The molecule has 0 saturated carbocycles. The smallest absolute Gasteiger partial charge is 0.417 e. The Bertz CT molecular complexity index is 1170. The van der Waals surface area contributed by atoms with E-state index in [9.17, 15) is 19.2 Å². The third-order valence-corrected chi connectivity index (χ3v) is 5.88. The minimum absolute atomic E-state index is 0.0620. The molecule has 1 saturated heterocycles. The van der Waals surface area contributed by atoms with E-state index in [2.05, 4.69) is 5.32 Å². The zero-order valence-corrected chi connectivity index (χ0v) is 17.4. The van der Waals surface area contributed by atoms with Crippen LogP contribution < -0.4 is 10.9 Å². The molecule has 0 bridgehead atoms. The molecule has 2 aromatic heterocycles. The number of ether oxygens (including phenoxy) is 1. The number of imide groups is 1. The first-order valence-electron chi connectivity index (χ1n) is 9.51. The summed E-state index contributed by atoms with van der Waals surface area (Å²) in [5.41, 5.74) is 1.34. The Kier molecular flexibility index (Phi) is 5.68. The number of benzene rings is 1. The fourth-order valence-electron chi connectivity index (χ4n) is 3.34. The molecular formula is C22H19N3O5S. The van der Waals surface area contributed by atoms with Crippen LogP contribution in [0.5, 0.6) is 0 Å². The summed E-state index contributed by atoms with van der Waals surface area (Å²) < 4.78 is 6.13. The zero-order chi connectivity index (χ0) is 22.0. The first-order valence-corrected chi connectivity index (χ1v) is 10.4. The number of nitrogens with zero attached hydrogens (tertiary/aromatic N) is 2. The molecule has 158 valence electrons. The maximum Gasteiger partial charge on any atom is 0.417 e. The number of amides is 3. The Balaban J connectivity index is 1.68. The summed E-state index contributed by atoms with van der Waals surface area (Å²) in [6, 6.07) is 13.5. The topological polar surface area (TPSA) is 97.7 Å². The van der Waals surface area contributed by atoms with Crippen molar-refractivity contribution < 1.29 is 19.1 Å². The first-order chi connectivity index (χ1) is 14.9. The van der Waals surface area contributed by atoms with Crippen LogP contribution in [0.4, 0.5) is 4.79 Å². The number of aryl methyl sites for hydroxylation is 1. The molecule has 1 aromatic carbocycles. The van der Waals surface area contributed by atoms with E-state index in [1.165, 1.54) is 28.2 Å². The van der Waals surface area contributed by atoms with E-state index in [1.807, 2.05) is 35.7 Å². The molecule has 0 aliphatic carbocycles. The lowest BCUT2D eigenvalue weighted by atomic mass is 10.0. The van der Waals surface area contributed by atoms with Gasteiger partial charge in [0.25, 0.3) is 17.4 Å². The van der Waals surface area contributed by atoms with Crippen molar-refractivity contribution in [2.24, 2.45) is 7.05 Å². The van der Waals surface area contributed by atoms with Crippen LogP contribution in [0.2, 0.25) is 0 Å². The van der Waals surface area contributed by atoms with Crippen LogP contribution in [0.25, 0.3) is 10.4 Å². The minimum atomic E-state index is -0.735. The number of cyclic esters (lactones) is 1. The monoisotopic (exact) mass is 437 g/mol. The lowest BCUT2D eigenvalue weighted by molar-refractivity contribution is -0.126. The van der Waals surface area contributed by atoms with E-state index in [-0.39, 0.29) is 18.7 Å². The molecule has 9 heteroatoms. The van der Waals surface area contributed by atoms with Gasteiger partial charge in [-0.2, -0.15) is 0 Å². The number of rotatable bonds is 6. The summed E-state index contributed by atoms with van der Waals surface area (Å²) >= 11 is 1.42. The van der Waals surface area contributed by atoms with E-state index >= 15 is 0 Å². The number of hydrogen-bond donors (Lipinski definition) is 1. The SMILES string of the molecule is Cn1cc(C(=O)NC(CN2C(=O)COC2=O)c2ccccc2)c(-c2cccs2)cc1=O. The highest BCUT2D eigenvalue weighted by Gasteiger charge is 2.34. The van der Waals surface area contributed by atoms with Crippen LogP contribution in [0, 0.1) is 0 Å². The van der Waals surface area contributed by atoms with Crippen molar-refractivity contribution in [3.63, 3.8) is 0 Å². The first kappa shape index (κ1) is 20.5. The highest BCUT2D eigenvalue weighted by atomic mass is 32.1. The Morgan fingerprint density at radius 3 is 2.58 bits per heavy atom. The largest absolute Gasteiger partial charge is 0.439 e. The lowest BCUT2D eigenvalue weighted by Crippen LogP contribution is -2.40. The Morgan fingerprint density at radius 2 is 1.94 bits per heavy atom. The molecule has 1 unspecified atom stereocenters. The van der Waals surface area contributed by atoms with Gasteiger partial charge in [-0.05, 0) is 17.0 Å². The molecule has 0 spiro atoms. The number of thiophene rings is 1. The highest BCUT2D eigenvalue weighted by Crippen LogP contribution is 2.27. The summed E-state index contributed by atoms with van der Waals surface area (Å²) in [7, 11) is 1.57. The molecule has 4 rings (SSSR count). The maximum atomic E-state index is 13.3. The standard InChI is InChI=1S/C22H19N3O5S/c1-24-11-16(15(10-19(24)26)18-8-5-9-31-18)21(28)23-17(14-6-3-2-4-7-14)12-25-20(27)13-30-22(25)29/h2-11,17H,12-13H2,1H3,(H,23,28). The summed E-state index contributed by atoms with van der Waals surface area (Å²) in [5, 5.41) is 4.78. The third kappa shape index (κ3) is 4.26. The predicted octanol–water partition coefficient (Wildman–Crippen LogP) is 2.56. The van der Waals surface area contributed by atoms with Gasteiger partial charge in [0.05, 0.1) is 18.2 Å². The zero-order valence-electron chi connectivity index (χ0n) is 16.6. The summed E-state index contributed by atoms with van der Waals surface area (Å²) in [5.74, 6) is -0.880. The average molecular weight is 437 g/mol. The second-order valence-corrected chi connectivity index (χ2v) is 7.97. The number of aromatic nitrogens is 1. The van der Waals surface area contributed by atoms with Crippen molar-refractivity contribution in [2.45, 2.75) is 6.04 Å². The van der Waals surface area contributed by atoms with Crippen molar-refractivity contribution in [3.05, 3.63) is 81.6 Å². The van der Waals surface area contributed by atoms with E-state index in [1.54, 1.807) is 19.2 Å². The van der Waals surface area contributed by atoms with Crippen LogP contribution in [-0.2, 0) is 16.6 Å². The van der Waals surface area contributed by atoms with Gasteiger partial charge >= 0.3 is 6.09 Å². The van der Waals surface area contributed by atoms with Gasteiger partial charge in [0, 0.05) is 29.8 Å². The van der Waals surface area contributed by atoms with E-state index in [0.717, 1.165) is 15.3 Å². The molecule has 1 fully saturated rings. The van der Waals surface area contributed by atoms with E-state index < -0.39 is 23.9 Å². The molecule has 1 aliphatic rings. The van der Waals surface area contributed by atoms with Gasteiger partial charge in [-0.15, -0.1) is 11.3 Å². The van der Waals surface area contributed by atoms with Crippen LogP contribution in [-0.4, -0.2) is 40.5 Å². The summed E-state index contributed by atoms with van der Waals surface area (Å²) in [6.45, 7) is -0.370. The van der Waals surface area contributed by atoms with Gasteiger partial charge in [0.15, 0.2) is 6.61 Å². The van der Waals surface area contributed by atoms with Gasteiger partial charge < -0.3 is 14.6 Å². The molecule has 3 amide bonds. The highest BCUT2D eigenvalue weighted by molar-refractivity contribution is 7.13. The molecular weight excluding hydrogens is 418 g/mol. The molecule has 1 N–H and O–H groups in total. The van der Waals surface area contributed by atoms with Crippen molar-refractivity contribution in [2.75, 3.05) is 13.2 Å². The third-order valence-electron chi connectivity index (χ3n) is 4.97. The molecule has 1 atom stereocenters. The Labute approximate surface area is 181 Å². The quantitative estimate of drug-likeness (QED) is 0.639. The molecule has 1 aliphatic heterocycles. The number of carbonyl (C=O) groups excluding carboxylic acids is 3. The van der Waals surface area contributed by atoms with Crippen LogP contribution in [0.3, 0.4) is 0 Å². The Morgan fingerprint density at radius 1 is 1.16 bits per heavy atom. The molecule has 3 heterocycles. The molecule has 8 nitrogen and oxygen atoms in total. The summed E-state index contributed by atoms with van der Waals surface area (Å²) in [4.78, 5) is 51.2. The average Bonchev–Trinajstić information content (AvgIpc) is 3.41. The van der Waals surface area contributed by atoms with Gasteiger partial charge in [-0.1, -0.05) is 36.4 Å². The fraction of sp³-hybridized carbons (Fsp3) is 0.182. The number of pyridine rings is 1. The second kappa shape index (κ2) is 8.57. The fourth-order valence-corrected chi connectivity index (χ4v) is 4.10. The van der Waals surface area contributed by atoms with Crippen molar-refractivity contribution in [1.82, 2.24) is 14.8 Å². The van der Waals surface area contributed by atoms with Gasteiger partial charge in [-0.25, -0.2) is 9.69 Å². The van der Waals surface area contributed by atoms with Gasteiger partial charge in [0.1, 0.15) is 0 Å². The molecule has 3 aromatic rings. The maximum absolute atomic E-state index is 13.3. The van der Waals surface area contributed by atoms with Gasteiger partial charge in [0.2, 0.25) is 0 Å². The number of nitrogens with one attached hydrogen (secondary N) is 1. The van der Waals surface area contributed by atoms with E-state index in [4.69, 9.17) is 4.74 Å².